The molecule has 0 unspecified atom stereocenters. The van der Waals surface area contributed by atoms with E-state index in [9.17, 15) is 0 Å². The van der Waals surface area contributed by atoms with E-state index in [1.165, 1.54) is 0 Å². The Labute approximate surface area is 72.0 Å². The highest BCUT2D eigenvalue weighted by atomic mass is 16.2. The van der Waals surface area contributed by atoms with Crippen LogP contribution < -0.4 is 0 Å². The minimum atomic E-state index is 0.210. The van der Waals surface area contributed by atoms with Crippen molar-refractivity contribution in [3.05, 3.63) is 18.0 Å². The van der Waals surface area contributed by atoms with E-state index in [1.807, 2.05) is 13.2 Å². The van der Waals surface area contributed by atoms with E-state index >= 15 is 0 Å². The van der Waals surface area contributed by atoms with Crippen molar-refractivity contribution >= 4 is 0 Å². The van der Waals surface area contributed by atoms with Crippen LogP contribution in [-0.4, -0.2) is 21.5 Å². The second-order valence-corrected chi connectivity index (χ2v) is 2.53. The average molecular weight is 164 g/mol. The number of aliphatic hydroxyl groups excluding tert-OH is 1. The Morgan fingerprint density at radius 3 is 3.08 bits per heavy atom. The second-order valence-electron chi connectivity index (χ2n) is 2.53. The number of unbranched alkanes of at least 4 members (excludes halogenated alkanes) is 1. The SMILES string of the molecule is Cn1cc(C#CCCCO)cn1. The van der Waals surface area contributed by atoms with Crippen LogP contribution >= 0.6 is 0 Å². The number of aryl methyl sites for hydroxylation is 1. The van der Waals surface area contributed by atoms with Gasteiger partial charge in [-0.1, -0.05) is 11.8 Å². The van der Waals surface area contributed by atoms with E-state index in [-0.39, 0.29) is 6.61 Å². The van der Waals surface area contributed by atoms with Crippen molar-refractivity contribution in [2.45, 2.75) is 12.8 Å². The fourth-order valence-corrected chi connectivity index (χ4v) is 0.818. The van der Waals surface area contributed by atoms with Crippen molar-refractivity contribution < 1.29 is 5.11 Å². The molecular weight excluding hydrogens is 152 g/mol. The van der Waals surface area contributed by atoms with Gasteiger partial charge in [-0.2, -0.15) is 5.10 Å². The highest BCUT2D eigenvalue weighted by Crippen LogP contribution is 1.93. The van der Waals surface area contributed by atoms with E-state index in [0.717, 1.165) is 18.4 Å². The Balaban J connectivity index is 2.43. The minimum Gasteiger partial charge on any atom is -0.396 e. The summed E-state index contributed by atoms with van der Waals surface area (Å²) in [5.41, 5.74) is 0.926. The van der Waals surface area contributed by atoms with E-state index in [2.05, 4.69) is 16.9 Å². The van der Waals surface area contributed by atoms with Gasteiger partial charge in [0.15, 0.2) is 0 Å². The van der Waals surface area contributed by atoms with Gasteiger partial charge in [-0.05, 0) is 6.42 Å². The molecule has 0 saturated carbocycles. The highest BCUT2D eigenvalue weighted by molar-refractivity contribution is 5.29. The summed E-state index contributed by atoms with van der Waals surface area (Å²) in [7, 11) is 1.86. The summed E-state index contributed by atoms with van der Waals surface area (Å²) in [6.45, 7) is 0.210. The van der Waals surface area contributed by atoms with Crippen LogP contribution in [0.3, 0.4) is 0 Å². The first-order chi connectivity index (χ1) is 5.83. The van der Waals surface area contributed by atoms with Gasteiger partial charge in [0.1, 0.15) is 0 Å². The largest absolute Gasteiger partial charge is 0.396 e. The van der Waals surface area contributed by atoms with Gasteiger partial charge in [0.2, 0.25) is 0 Å². The normalized spacial score (nSPS) is 9.17. The van der Waals surface area contributed by atoms with Crippen LogP contribution in [0.15, 0.2) is 12.4 Å². The van der Waals surface area contributed by atoms with Crippen LogP contribution in [0.25, 0.3) is 0 Å². The number of aliphatic hydroxyl groups is 1. The Hall–Kier alpha value is -1.27. The smallest absolute Gasteiger partial charge is 0.0646 e. The molecule has 0 aliphatic rings. The average Bonchev–Trinajstić information content (AvgIpc) is 2.45. The van der Waals surface area contributed by atoms with Gasteiger partial charge in [0, 0.05) is 26.3 Å². The molecule has 12 heavy (non-hydrogen) atoms. The lowest BCUT2D eigenvalue weighted by Gasteiger charge is -1.83. The molecule has 0 aromatic carbocycles. The topological polar surface area (TPSA) is 38.0 Å². The molecule has 3 nitrogen and oxygen atoms in total. The zero-order valence-electron chi connectivity index (χ0n) is 7.12. The zero-order valence-corrected chi connectivity index (χ0v) is 7.12. The molecular formula is C9H12N2O. The molecule has 64 valence electrons. The van der Waals surface area contributed by atoms with Crippen LogP contribution in [0.5, 0.6) is 0 Å². The Bertz CT molecular complexity index is 293. The molecule has 1 rings (SSSR count). The standard InChI is InChI=1S/C9H12N2O/c1-11-8-9(7-10-11)5-3-2-4-6-12/h7-8,12H,2,4,6H2,1H3. The zero-order chi connectivity index (χ0) is 8.81. The molecule has 1 aromatic rings. The lowest BCUT2D eigenvalue weighted by Crippen LogP contribution is -1.84. The fourth-order valence-electron chi connectivity index (χ4n) is 0.818. The highest BCUT2D eigenvalue weighted by Gasteiger charge is 1.87. The minimum absolute atomic E-state index is 0.210. The molecule has 0 bridgehead atoms. The third-order valence-electron chi connectivity index (χ3n) is 1.40. The van der Waals surface area contributed by atoms with Crippen molar-refractivity contribution in [3.8, 4) is 11.8 Å². The second kappa shape index (κ2) is 4.58. The molecule has 0 amide bonds. The lowest BCUT2D eigenvalue weighted by atomic mass is 10.3. The summed E-state index contributed by atoms with van der Waals surface area (Å²) in [6.07, 6.45) is 5.08. The van der Waals surface area contributed by atoms with Gasteiger partial charge >= 0.3 is 0 Å². The summed E-state index contributed by atoms with van der Waals surface area (Å²) in [5.74, 6) is 5.91. The van der Waals surface area contributed by atoms with Gasteiger partial charge in [-0.15, -0.1) is 0 Å². The summed E-state index contributed by atoms with van der Waals surface area (Å²) in [6, 6.07) is 0. The molecule has 0 spiro atoms. The fraction of sp³-hybridized carbons (Fsp3) is 0.444. The lowest BCUT2D eigenvalue weighted by molar-refractivity contribution is 0.290. The van der Waals surface area contributed by atoms with Crippen LogP contribution in [0.2, 0.25) is 0 Å². The first-order valence-electron chi connectivity index (χ1n) is 3.91. The van der Waals surface area contributed by atoms with Crippen molar-refractivity contribution in [2.24, 2.45) is 7.05 Å². The van der Waals surface area contributed by atoms with Crippen molar-refractivity contribution in [2.75, 3.05) is 6.61 Å². The Morgan fingerprint density at radius 1 is 1.67 bits per heavy atom. The van der Waals surface area contributed by atoms with Crippen LogP contribution in [-0.2, 0) is 7.05 Å². The van der Waals surface area contributed by atoms with Gasteiger partial charge in [0.25, 0.3) is 0 Å². The molecule has 0 aliphatic carbocycles. The molecule has 0 aliphatic heterocycles. The molecule has 0 atom stereocenters. The van der Waals surface area contributed by atoms with E-state index in [0.29, 0.717) is 0 Å². The summed E-state index contributed by atoms with van der Waals surface area (Å²) in [4.78, 5) is 0. The Morgan fingerprint density at radius 2 is 2.50 bits per heavy atom. The predicted octanol–water partition coefficient (Wildman–Crippen LogP) is 0.544. The third kappa shape index (κ3) is 2.77. The molecule has 0 radical (unpaired) electrons. The molecule has 1 aromatic heterocycles. The van der Waals surface area contributed by atoms with Gasteiger partial charge < -0.3 is 5.11 Å². The summed E-state index contributed by atoms with van der Waals surface area (Å²) < 4.78 is 1.72. The van der Waals surface area contributed by atoms with Gasteiger partial charge in [-0.3, -0.25) is 4.68 Å². The number of rotatable bonds is 2. The monoisotopic (exact) mass is 164 g/mol. The van der Waals surface area contributed by atoms with Crippen LogP contribution in [0, 0.1) is 11.8 Å². The number of hydrogen-bond acceptors (Lipinski definition) is 2. The number of nitrogens with zero attached hydrogens (tertiary/aromatic N) is 2. The predicted molar refractivity (Wildman–Crippen MR) is 46.4 cm³/mol. The van der Waals surface area contributed by atoms with Crippen molar-refractivity contribution in [3.63, 3.8) is 0 Å². The van der Waals surface area contributed by atoms with Crippen molar-refractivity contribution in [1.82, 2.24) is 9.78 Å². The quantitative estimate of drug-likeness (QED) is 0.512. The van der Waals surface area contributed by atoms with Crippen LogP contribution in [0.1, 0.15) is 18.4 Å². The first-order valence-corrected chi connectivity index (χ1v) is 3.91. The number of aromatic nitrogens is 2. The molecule has 0 saturated heterocycles. The van der Waals surface area contributed by atoms with Gasteiger partial charge in [0.05, 0.1) is 11.8 Å². The third-order valence-corrected chi connectivity index (χ3v) is 1.40. The van der Waals surface area contributed by atoms with E-state index in [1.54, 1.807) is 10.9 Å². The Kier molecular flexibility index (Phi) is 3.36. The van der Waals surface area contributed by atoms with E-state index in [4.69, 9.17) is 5.11 Å². The number of hydrogen-bond donors (Lipinski definition) is 1. The maximum atomic E-state index is 8.48. The van der Waals surface area contributed by atoms with Gasteiger partial charge in [-0.25, -0.2) is 0 Å². The molecule has 1 N–H and O–H groups in total. The first kappa shape index (κ1) is 8.82. The molecule has 1 heterocycles. The summed E-state index contributed by atoms with van der Waals surface area (Å²) >= 11 is 0. The van der Waals surface area contributed by atoms with E-state index < -0.39 is 0 Å². The maximum Gasteiger partial charge on any atom is 0.0646 e. The molecule has 0 fully saturated rings. The van der Waals surface area contributed by atoms with Crippen LogP contribution in [0.4, 0.5) is 0 Å². The summed E-state index contributed by atoms with van der Waals surface area (Å²) in [5, 5.41) is 12.5. The maximum absolute atomic E-state index is 8.48. The van der Waals surface area contributed by atoms with Crippen molar-refractivity contribution in [1.29, 1.82) is 0 Å². The molecule has 3 heteroatoms.